The molecule has 4 nitrogen and oxygen atoms in total. The molecule has 0 N–H and O–H groups in total. The van der Waals surface area contributed by atoms with E-state index in [2.05, 4.69) is 29.0 Å². The van der Waals surface area contributed by atoms with Crippen molar-refractivity contribution in [3.8, 4) is 0 Å². The van der Waals surface area contributed by atoms with E-state index in [0.29, 0.717) is 0 Å². The van der Waals surface area contributed by atoms with Crippen molar-refractivity contribution >= 4 is 0 Å². The Kier molecular flexibility index (Phi) is 3.15. The lowest BCUT2D eigenvalue weighted by atomic mass is 10.1. The van der Waals surface area contributed by atoms with E-state index in [4.69, 9.17) is 4.74 Å². The van der Waals surface area contributed by atoms with Crippen molar-refractivity contribution in [1.29, 1.82) is 0 Å². The molecule has 4 heteroatoms. The Morgan fingerprint density at radius 1 is 1.29 bits per heavy atom. The van der Waals surface area contributed by atoms with Gasteiger partial charge in [0.1, 0.15) is 5.72 Å². The maximum Gasteiger partial charge on any atom is 0.133 e. The molecule has 3 aliphatic heterocycles. The summed E-state index contributed by atoms with van der Waals surface area (Å²) >= 11 is 0. The van der Waals surface area contributed by atoms with Crippen LogP contribution in [0.2, 0.25) is 0 Å². The molecule has 3 aliphatic rings. The van der Waals surface area contributed by atoms with Crippen LogP contribution in [0.1, 0.15) is 26.7 Å². The van der Waals surface area contributed by atoms with Crippen molar-refractivity contribution in [2.45, 2.75) is 44.6 Å². The normalized spacial score (nSPS) is 44.8. The van der Waals surface area contributed by atoms with Gasteiger partial charge in [-0.2, -0.15) is 0 Å². The average molecular weight is 238 g/mol. The summed E-state index contributed by atoms with van der Waals surface area (Å²) in [6.07, 6.45) is 3.01. The minimum atomic E-state index is -0.146. The summed E-state index contributed by atoms with van der Waals surface area (Å²) in [6.45, 7) is 10.9. The number of morpholine rings is 1. The van der Waals surface area contributed by atoms with E-state index in [9.17, 15) is 0 Å². The maximum atomic E-state index is 6.18. The Labute approximate surface area is 104 Å². The lowest BCUT2D eigenvalue weighted by molar-refractivity contribution is -0.198. The minimum Gasteiger partial charge on any atom is -0.355 e. The molecule has 3 atom stereocenters. The molecule has 3 fully saturated rings. The van der Waals surface area contributed by atoms with E-state index in [1.807, 2.05) is 0 Å². The minimum absolute atomic E-state index is 0.146. The van der Waals surface area contributed by atoms with Crippen LogP contribution in [0.5, 0.6) is 0 Å². The van der Waals surface area contributed by atoms with Crippen LogP contribution < -0.4 is 5.32 Å². The Morgan fingerprint density at radius 2 is 2.18 bits per heavy atom. The first kappa shape index (κ1) is 11.9. The fourth-order valence-corrected chi connectivity index (χ4v) is 3.56. The summed E-state index contributed by atoms with van der Waals surface area (Å²) in [7, 11) is 0. The zero-order chi connectivity index (χ0) is 11.9. The SMILES string of the molecule is CC1C[N]CC(C)(N2CCN3CCCC3C2)O1. The quantitative estimate of drug-likeness (QED) is 0.666. The van der Waals surface area contributed by atoms with Gasteiger partial charge in [-0.15, -0.1) is 0 Å². The van der Waals surface area contributed by atoms with Crippen LogP contribution in [0.3, 0.4) is 0 Å². The third-order valence-corrected chi connectivity index (χ3v) is 4.50. The second-order valence-electron chi connectivity index (χ2n) is 5.95. The van der Waals surface area contributed by atoms with Gasteiger partial charge >= 0.3 is 0 Å². The van der Waals surface area contributed by atoms with Gasteiger partial charge in [-0.3, -0.25) is 9.80 Å². The van der Waals surface area contributed by atoms with E-state index in [1.54, 1.807) is 0 Å². The fraction of sp³-hybridized carbons (Fsp3) is 1.00. The fourth-order valence-electron chi connectivity index (χ4n) is 3.56. The first-order valence-corrected chi connectivity index (χ1v) is 6.97. The summed E-state index contributed by atoms with van der Waals surface area (Å²) in [5, 5.41) is 4.59. The van der Waals surface area contributed by atoms with E-state index >= 15 is 0 Å². The molecule has 0 spiro atoms. The van der Waals surface area contributed by atoms with Crippen molar-refractivity contribution in [1.82, 2.24) is 15.1 Å². The highest BCUT2D eigenvalue weighted by molar-refractivity contribution is 4.93. The van der Waals surface area contributed by atoms with Crippen LogP contribution in [0.4, 0.5) is 0 Å². The van der Waals surface area contributed by atoms with Gasteiger partial charge in [0.05, 0.1) is 12.6 Å². The first-order valence-electron chi connectivity index (χ1n) is 6.97. The molecule has 3 unspecified atom stereocenters. The molecule has 0 aromatic rings. The van der Waals surface area contributed by atoms with Gasteiger partial charge in [0, 0.05) is 32.2 Å². The average Bonchev–Trinajstić information content (AvgIpc) is 2.75. The summed E-state index contributed by atoms with van der Waals surface area (Å²) in [5.41, 5.74) is -0.146. The van der Waals surface area contributed by atoms with Gasteiger partial charge in [0.2, 0.25) is 0 Å². The molecule has 1 radical (unpaired) electrons. The van der Waals surface area contributed by atoms with Crippen molar-refractivity contribution in [2.24, 2.45) is 0 Å². The van der Waals surface area contributed by atoms with Gasteiger partial charge in [-0.05, 0) is 33.2 Å². The van der Waals surface area contributed by atoms with E-state index in [0.717, 1.165) is 25.7 Å². The van der Waals surface area contributed by atoms with Gasteiger partial charge < -0.3 is 4.74 Å². The molecule has 0 aromatic heterocycles. The highest BCUT2D eigenvalue weighted by Gasteiger charge is 2.42. The van der Waals surface area contributed by atoms with Crippen LogP contribution in [-0.2, 0) is 4.74 Å². The molecule has 17 heavy (non-hydrogen) atoms. The van der Waals surface area contributed by atoms with Crippen LogP contribution in [0, 0.1) is 0 Å². The summed E-state index contributed by atoms with van der Waals surface area (Å²) < 4.78 is 6.18. The predicted molar refractivity (Wildman–Crippen MR) is 67.0 cm³/mol. The molecule has 97 valence electrons. The number of fused-ring (bicyclic) bond motifs is 1. The van der Waals surface area contributed by atoms with E-state index in [1.165, 1.54) is 32.5 Å². The van der Waals surface area contributed by atoms with Crippen molar-refractivity contribution in [2.75, 3.05) is 39.3 Å². The van der Waals surface area contributed by atoms with Gasteiger partial charge in [0.25, 0.3) is 0 Å². The third-order valence-electron chi connectivity index (χ3n) is 4.50. The molecule has 3 rings (SSSR count). The summed E-state index contributed by atoms with van der Waals surface area (Å²) in [6, 6.07) is 0.765. The number of piperazine rings is 1. The molecule has 0 saturated carbocycles. The van der Waals surface area contributed by atoms with Crippen LogP contribution >= 0.6 is 0 Å². The number of ether oxygens (including phenoxy) is 1. The Bertz CT molecular complexity index is 286. The monoisotopic (exact) mass is 238 g/mol. The maximum absolute atomic E-state index is 6.18. The summed E-state index contributed by atoms with van der Waals surface area (Å²) in [5.74, 6) is 0. The summed E-state index contributed by atoms with van der Waals surface area (Å²) in [4.78, 5) is 5.17. The molecular weight excluding hydrogens is 214 g/mol. The molecule has 3 heterocycles. The second kappa shape index (κ2) is 4.50. The van der Waals surface area contributed by atoms with E-state index in [-0.39, 0.29) is 11.8 Å². The zero-order valence-electron chi connectivity index (χ0n) is 11.1. The Balaban J connectivity index is 1.67. The Morgan fingerprint density at radius 3 is 3.00 bits per heavy atom. The molecular formula is C13H24N3O. The third kappa shape index (κ3) is 2.24. The van der Waals surface area contributed by atoms with E-state index < -0.39 is 0 Å². The van der Waals surface area contributed by atoms with Crippen LogP contribution in [0.25, 0.3) is 0 Å². The second-order valence-corrected chi connectivity index (χ2v) is 5.95. The van der Waals surface area contributed by atoms with Crippen LogP contribution in [0.15, 0.2) is 0 Å². The Hall–Kier alpha value is -0.160. The van der Waals surface area contributed by atoms with Gasteiger partial charge in [0.15, 0.2) is 0 Å². The predicted octanol–water partition coefficient (Wildman–Crippen LogP) is 0.506. The largest absolute Gasteiger partial charge is 0.355 e. The lowest BCUT2D eigenvalue weighted by Gasteiger charge is -2.49. The van der Waals surface area contributed by atoms with Gasteiger partial charge in [-0.25, -0.2) is 5.32 Å². The lowest BCUT2D eigenvalue weighted by Crippen LogP contribution is -2.64. The molecule has 0 amide bonds. The first-order chi connectivity index (χ1) is 8.17. The zero-order valence-corrected chi connectivity index (χ0v) is 11.1. The van der Waals surface area contributed by atoms with Gasteiger partial charge in [-0.1, -0.05) is 0 Å². The number of hydrogen-bond donors (Lipinski definition) is 0. The molecule has 0 aliphatic carbocycles. The highest BCUT2D eigenvalue weighted by atomic mass is 16.5. The number of nitrogens with zero attached hydrogens (tertiary/aromatic N) is 3. The molecule has 0 bridgehead atoms. The number of rotatable bonds is 1. The molecule has 0 aromatic carbocycles. The standard InChI is InChI=1S/C13H24N3O/c1-11-8-14-10-13(2,17-11)16-7-6-15-5-3-4-12(15)9-16/h11-12H,3-10H2,1-2H3. The smallest absolute Gasteiger partial charge is 0.133 e. The van der Waals surface area contributed by atoms with Crippen LogP contribution in [-0.4, -0.2) is 66.9 Å². The van der Waals surface area contributed by atoms with Crippen molar-refractivity contribution in [3.63, 3.8) is 0 Å². The highest BCUT2D eigenvalue weighted by Crippen LogP contribution is 2.28. The molecule has 3 saturated heterocycles. The number of hydrogen-bond acceptors (Lipinski definition) is 3. The topological polar surface area (TPSA) is 29.8 Å². The van der Waals surface area contributed by atoms with Crippen molar-refractivity contribution in [3.05, 3.63) is 0 Å². The van der Waals surface area contributed by atoms with Crippen molar-refractivity contribution < 1.29 is 4.74 Å².